The summed E-state index contributed by atoms with van der Waals surface area (Å²) in [6.45, 7) is -1.06. The molecular formula is C22H27F2N2O3+. The fourth-order valence-electron chi connectivity index (χ4n) is 3.30. The lowest BCUT2D eigenvalue weighted by molar-refractivity contribution is -0.917. The molecule has 0 heterocycles. The van der Waals surface area contributed by atoms with E-state index in [-0.39, 0.29) is 11.7 Å². The summed E-state index contributed by atoms with van der Waals surface area (Å²) in [5.41, 5.74) is 2.14. The third-order valence-electron chi connectivity index (χ3n) is 5.02. The third-order valence-corrected chi connectivity index (χ3v) is 5.02. The zero-order chi connectivity index (χ0) is 20.6. The Morgan fingerprint density at radius 2 is 1.69 bits per heavy atom. The number of alkyl halides is 2. The number of ether oxygens (including phenoxy) is 2. The maximum absolute atomic E-state index is 12.4. The molecule has 29 heavy (non-hydrogen) atoms. The van der Waals surface area contributed by atoms with Gasteiger partial charge in [0.15, 0.2) is 6.54 Å². The molecule has 1 amide bonds. The maximum Gasteiger partial charge on any atom is 0.387 e. The van der Waals surface area contributed by atoms with Crippen LogP contribution in [0.25, 0.3) is 0 Å². The minimum absolute atomic E-state index is 0.0260. The minimum atomic E-state index is -2.82. The van der Waals surface area contributed by atoms with E-state index in [4.69, 9.17) is 4.74 Å². The molecule has 0 spiro atoms. The van der Waals surface area contributed by atoms with Crippen molar-refractivity contribution in [2.24, 2.45) is 0 Å². The van der Waals surface area contributed by atoms with Crippen molar-refractivity contribution in [3.05, 3.63) is 59.7 Å². The van der Waals surface area contributed by atoms with Crippen molar-refractivity contribution in [3.8, 4) is 11.5 Å². The molecular weight excluding hydrogens is 378 g/mol. The lowest BCUT2D eigenvalue weighted by atomic mass is 10.1. The van der Waals surface area contributed by atoms with Crippen LogP contribution in [0.15, 0.2) is 48.5 Å². The molecule has 0 aliphatic heterocycles. The summed E-state index contributed by atoms with van der Waals surface area (Å²) in [4.78, 5) is 13.7. The molecule has 2 N–H and O–H groups in total. The van der Waals surface area contributed by atoms with Gasteiger partial charge in [-0.2, -0.15) is 8.78 Å². The fraction of sp³-hybridized carbons (Fsp3) is 0.409. The van der Waals surface area contributed by atoms with Crippen molar-refractivity contribution in [1.29, 1.82) is 0 Å². The van der Waals surface area contributed by atoms with Crippen molar-refractivity contribution in [2.45, 2.75) is 38.5 Å². The lowest BCUT2D eigenvalue weighted by Crippen LogP contribution is -3.13. The number of halogens is 2. The van der Waals surface area contributed by atoms with Gasteiger partial charge in [-0.3, -0.25) is 4.79 Å². The van der Waals surface area contributed by atoms with Crippen molar-refractivity contribution >= 4 is 5.91 Å². The average Bonchev–Trinajstić information content (AvgIpc) is 3.54. The van der Waals surface area contributed by atoms with Gasteiger partial charge < -0.3 is 19.7 Å². The van der Waals surface area contributed by atoms with Crippen LogP contribution in [0, 0.1) is 0 Å². The molecule has 3 rings (SSSR count). The van der Waals surface area contributed by atoms with Crippen LogP contribution >= 0.6 is 0 Å². The summed E-state index contributed by atoms with van der Waals surface area (Å²) in [7, 11) is 1.65. The van der Waals surface area contributed by atoms with E-state index >= 15 is 0 Å². The second-order valence-corrected chi connectivity index (χ2v) is 7.26. The van der Waals surface area contributed by atoms with Crippen LogP contribution in [0.5, 0.6) is 11.5 Å². The van der Waals surface area contributed by atoms with Crippen LogP contribution in [0.1, 0.15) is 24.0 Å². The van der Waals surface area contributed by atoms with Crippen LogP contribution in [0.3, 0.4) is 0 Å². The Morgan fingerprint density at radius 1 is 1.07 bits per heavy atom. The number of benzene rings is 2. The summed E-state index contributed by atoms with van der Waals surface area (Å²) in [5.74, 6) is 0.987. The van der Waals surface area contributed by atoms with E-state index in [2.05, 4.69) is 10.1 Å². The highest BCUT2D eigenvalue weighted by Gasteiger charge is 2.34. The number of nitrogens with one attached hydrogen (secondary N) is 2. The Bertz CT molecular complexity index is 778. The van der Waals surface area contributed by atoms with Gasteiger partial charge in [0.1, 0.15) is 18.0 Å². The first-order valence-corrected chi connectivity index (χ1v) is 9.81. The molecule has 0 radical (unpaired) electrons. The van der Waals surface area contributed by atoms with Crippen molar-refractivity contribution < 1.29 is 27.9 Å². The number of hydrogen-bond acceptors (Lipinski definition) is 3. The average molecular weight is 405 g/mol. The summed E-state index contributed by atoms with van der Waals surface area (Å²) in [6, 6.07) is 15.0. The molecule has 7 heteroatoms. The van der Waals surface area contributed by atoms with Crippen LogP contribution in [0.4, 0.5) is 8.78 Å². The van der Waals surface area contributed by atoms with Crippen LogP contribution in [-0.4, -0.2) is 38.8 Å². The van der Waals surface area contributed by atoms with Crippen LogP contribution < -0.4 is 19.7 Å². The van der Waals surface area contributed by atoms with Gasteiger partial charge in [-0.05, 0) is 48.4 Å². The van der Waals surface area contributed by atoms with E-state index in [1.165, 1.54) is 22.6 Å². The smallest absolute Gasteiger partial charge is 0.387 e. The second kappa shape index (κ2) is 10.2. The number of rotatable bonds is 11. The van der Waals surface area contributed by atoms with Crippen molar-refractivity contribution in [1.82, 2.24) is 5.32 Å². The molecule has 5 nitrogen and oxygen atoms in total. The Morgan fingerprint density at radius 3 is 2.28 bits per heavy atom. The molecule has 2 aromatic rings. The minimum Gasteiger partial charge on any atom is -0.497 e. The van der Waals surface area contributed by atoms with Gasteiger partial charge in [-0.15, -0.1) is 0 Å². The molecule has 1 atom stereocenters. The first kappa shape index (κ1) is 21.0. The first-order valence-electron chi connectivity index (χ1n) is 9.81. The monoisotopic (exact) mass is 405 g/mol. The highest BCUT2D eigenvalue weighted by Crippen LogP contribution is 2.17. The summed E-state index contributed by atoms with van der Waals surface area (Å²) in [5, 5.41) is 2.96. The molecule has 1 fully saturated rings. The van der Waals surface area contributed by atoms with E-state index in [1.54, 1.807) is 19.2 Å². The molecule has 1 saturated carbocycles. The Hall–Kier alpha value is -2.67. The topological polar surface area (TPSA) is 52.0 Å². The number of carbonyl (C=O) groups excluding carboxylic acids is 1. The maximum atomic E-state index is 12.4. The van der Waals surface area contributed by atoms with Crippen LogP contribution in [0.2, 0.25) is 0 Å². The zero-order valence-corrected chi connectivity index (χ0v) is 16.5. The van der Waals surface area contributed by atoms with E-state index in [9.17, 15) is 13.6 Å². The van der Waals surface area contributed by atoms with E-state index in [0.29, 0.717) is 25.6 Å². The molecule has 0 aromatic heterocycles. The predicted octanol–water partition coefficient (Wildman–Crippen LogP) is 2.20. The summed E-state index contributed by atoms with van der Waals surface area (Å²) >= 11 is 0. The highest BCUT2D eigenvalue weighted by molar-refractivity contribution is 5.76. The molecule has 2 aromatic carbocycles. The largest absolute Gasteiger partial charge is 0.497 e. The van der Waals surface area contributed by atoms with Gasteiger partial charge >= 0.3 is 6.61 Å². The van der Waals surface area contributed by atoms with Crippen LogP contribution in [-0.2, 0) is 17.8 Å². The molecule has 0 saturated heterocycles. The van der Waals surface area contributed by atoms with E-state index in [1.807, 2.05) is 24.3 Å². The fourth-order valence-corrected chi connectivity index (χ4v) is 3.30. The van der Waals surface area contributed by atoms with E-state index in [0.717, 1.165) is 30.7 Å². The van der Waals surface area contributed by atoms with Crippen molar-refractivity contribution in [3.63, 3.8) is 0 Å². The van der Waals surface area contributed by atoms with Gasteiger partial charge in [0, 0.05) is 24.9 Å². The molecule has 0 bridgehead atoms. The third kappa shape index (κ3) is 7.02. The molecule has 1 aliphatic rings. The lowest BCUT2D eigenvalue weighted by Gasteiger charge is -2.19. The predicted molar refractivity (Wildman–Crippen MR) is 105 cm³/mol. The van der Waals surface area contributed by atoms with Gasteiger partial charge in [0.25, 0.3) is 5.91 Å². The normalized spacial score (nSPS) is 14.5. The Balaban J connectivity index is 1.43. The first-order chi connectivity index (χ1) is 14.0. The number of carbonyl (C=O) groups is 1. The number of methoxy groups -OCH3 is 1. The SMILES string of the molecule is COc1ccc(C[NH+](CC(=O)NCCc2ccc(OC(F)F)cc2)C2CC2)cc1. The van der Waals surface area contributed by atoms with Gasteiger partial charge in [0.05, 0.1) is 13.2 Å². The van der Waals surface area contributed by atoms with Crippen molar-refractivity contribution in [2.75, 3.05) is 20.2 Å². The van der Waals surface area contributed by atoms with Gasteiger partial charge in [-0.1, -0.05) is 12.1 Å². The Labute approximate surface area is 169 Å². The highest BCUT2D eigenvalue weighted by atomic mass is 19.3. The molecule has 156 valence electrons. The standard InChI is InChI=1S/C22H26F2N2O3/c1-28-19-8-4-17(5-9-19)14-26(18-6-7-18)15-21(27)25-13-12-16-2-10-20(11-3-16)29-22(23)24/h2-5,8-11,18,22H,6-7,12-15H2,1H3,(H,25,27)/p+1. The zero-order valence-electron chi connectivity index (χ0n) is 16.5. The quantitative estimate of drug-likeness (QED) is 0.603. The molecule has 1 unspecified atom stereocenters. The number of hydrogen-bond donors (Lipinski definition) is 2. The summed E-state index contributed by atoms with van der Waals surface area (Å²) < 4.78 is 33.9. The Kier molecular flexibility index (Phi) is 7.41. The second-order valence-electron chi connectivity index (χ2n) is 7.26. The number of quaternary nitrogens is 1. The molecule has 1 aliphatic carbocycles. The number of amides is 1. The summed E-state index contributed by atoms with van der Waals surface area (Å²) in [6.07, 6.45) is 2.95. The van der Waals surface area contributed by atoms with E-state index < -0.39 is 6.61 Å². The van der Waals surface area contributed by atoms with Gasteiger partial charge in [-0.25, -0.2) is 0 Å². The van der Waals surface area contributed by atoms with Gasteiger partial charge in [0.2, 0.25) is 0 Å².